The molecule has 0 aromatic rings. The lowest BCUT2D eigenvalue weighted by Gasteiger charge is -2.21. The monoisotopic (exact) mass is 1270 g/mol. The summed E-state index contributed by atoms with van der Waals surface area (Å²) in [4.78, 5) is 96.8. The molecule has 24 heteroatoms. The van der Waals surface area contributed by atoms with Gasteiger partial charge in [0.2, 0.25) is 23.6 Å². The molecule has 0 fully saturated rings. The molecule has 8 N–H and O–H groups in total. The number of ketones is 2. The molecule has 0 bridgehead atoms. The van der Waals surface area contributed by atoms with Crippen molar-refractivity contribution in [2.24, 2.45) is 0 Å². The zero-order chi connectivity index (χ0) is 63.8. The Morgan fingerprint density at radius 3 is 0.988 bits per heavy atom. The molecule has 0 aliphatic heterocycles. The van der Waals surface area contributed by atoms with Gasteiger partial charge in [0.25, 0.3) is 0 Å². The van der Waals surface area contributed by atoms with Gasteiger partial charge in [-0.15, -0.1) is 0 Å². The van der Waals surface area contributed by atoms with Crippen molar-refractivity contribution in [3.8, 4) is 0 Å². The summed E-state index contributed by atoms with van der Waals surface area (Å²) in [7, 11) is -9.43. The first-order chi connectivity index (χ1) is 41.3. The van der Waals surface area contributed by atoms with E-state index in [4.69, 9.17) is 27.6 Å². The van der Waals surface area contributed by atoms with Gasteiger partial charge in [-0.1, -0.05) is 195 Å². The zero-order valence-corrected chi connectivity index (χ0v) is 55.4. The first-order valence-corrected chi connectivity index (χ1v) is 36.2. The molecule has 0 heterocycles. The second-order valence-electron chi connectivity index (χ2n) is 23.0. The first kappa shape index (κ1) is 83.3. The number of unbranched alkanes of at least 4 members (excludes halogenated alkanes) is 24. The SMILES string of the molecule is CCCCCCCCCCCC(=O)CC(=O)NC(COCCC(O)CCCCCCC)COP(=O)(O)OCCNC(=O)CCC(=O)NCCOP(=O)(O)OCC(COCCC(O)CCCCCCC)NC(=O)CC(=O)CCCCCCCCCCC. The van der Waals surface area contributed by atoms with Crippen molar-refractivity contribution in [3.63, 3.8) is 0 Å². The number of phosphoric acid groups is 2. The van der Waals surface area contributed by atoms with Crippen LogP contribution in [0.3, 0.4) is 0 Å². The Bertz CT molecular complexity index is 1690. The third-order valence-corrected chi connectivity index (χ3v) is 16.5. The fourth-order valence-electron chi connectivity index (χ4n) is 9.32. The number of rotatable bonds is 65. The molecule has 0 saturated heterocycles. The quantitative estimate of drug-likeness (QED) is 0.0159. The fraction of sp³-hybridized carbons (Fsp3) is 0.903. The van der Waals surface area contributed by atoms with E-state index in [-0.39, 0.29) is 89.6 Å². The molecule has 22 nitrogen and oxygen atoms in total. The minimum Gasteiger partial charge on any atom is -0.393 e. The van der Waals surface area contributed by atoms with E-state index in [2.05, 4.69) is 49.0 Å². The molecule has 506 valence electrons. The second kappa shape index (κ2) is 57.4. The van der Waals surface area contributed by atoms with Gasteiger partial charge >= 0.3 is 15.6 Å². The number of carbonyl (C=O) groups is 6. The van der Waals surface area contributed by atoms with Crippen LogP contribution in [0.2, 0.25) is 0 Å². The van der Waals surface area contributed by atoms with Crippen LogP contribution in [0.5, 0.6) is 0 Å². The molecule has 4 amide bonds. The smallest absolute Gasteiger partial charge is 0.393 e. The van der Waals surface area contributed by atoms with Crippen molar-refractivity contribution in [3.05, 3.63) is 0 Å². The van der Waals surface area contributed by atoms with E-state index in [9.17, 15) is 57.9 Å². The van der Waals surface area contributed by atoms with Crippen LogP contribution in [-0.4, -0.2) is 145 Å². The number of hydrogen-bond donors (Lipinski definition) is 8. The van der Waals surface area contributed by atoms with E-state index in [1.165, 1.54) is 64.2 Å². The van der Waals surface area contributed by atoms with Gasteiger partial charge in [-0.2, -0.15) is 0 Å². The molecule has 0 aliphatic rings. The van der Waals surface area contributed by atoms with E-state index < -0.39 is 90.0 Å². The number of hydrogen-bond acceptors (Lipinski definition) is 16. The van der Waals surface area contributed by atoms with E-state index >= 15 is 0 Å². The number of ether oxygens (including phenoxy) is 2. The van der Waals surface area contributed by atoms with E-state index in [1.807, 2.05) is 0 Å². The predicted octanol–water partition coefficient (Wildman–Crippen LogP) is 11.3. The highest BCUT2D eigenvalue weighted by Gasteiger charge is 2.27. The Balaban J connectivity index is 4.96. The van der Waals surface area contributed by atoms with E-state index in [1.54, 1.807) is 0 Å². The maximum absolute atomic E-state index is 12.9. The van der Waals surface area contributed by atoms with Crippen molar-refractivity contribution in [1.29, 1.82) is 0 Å². The average molecular weight is 1270 g/mol. The first-order valence-electron chi connectivity index (χ1n) is 33.3. The molecule has 86 heavy (non-hydrogen) atoms. The highest BCUT2D eigenvalue weighted by Crippen LogP contribution is 2.43. The Labute approximate surface area is 517 Å². The number of carbonyl (C=O) groups excluding carboxylic acids is 6. The summed E-state index contributed by atoms with van der Waals surface area (Å²) in [6.07, 6.45) is 30.4. The molecule has 0 rings (SSSR count). The minimum absolute atomic E-state index is 0.133. The van der Waals surface area contributed by atoms with Gasteiger partial charge in [-0.05, 0) is 38.5 Å². The summed E-state index contributed by atoms with van der Waals surface area (Å²) in [5.74, 6) is -2.77. The van der Waals surface area contributed by atoms with Crippen LogP contribution in [-0.2, 0) is 65.5 Å². The molecular formula is C62H120N4O18P2. The van der Waals surface area contributed by atoms with Gasteiger partial charge in [0, 0.05) is 52.0 Å². The Kier molecular flexibility index (Phi) is 55.6. The predicted molar refractivity (Wildman–Crippen MR) is 335 cm³/mol. The van der Waals surface area contributed by atoms with Crippen LogP contribution in [0.1, 0.15) is 272 Å². The van der Waals surface area contributed by atoms with Crippen LogP contribution in [0.4, 0.5) is 0 Å². The molecule has 0 aliphatic carbocycles. The van der Waals surface area contributed by atoms with Crippen LogP contribution < -0.4 is 21.3 Å². The normalized spacial score (nSPS) is 14.4. The molecule has 0 aromatic carbocycles. The second-order valence-corrected chi connectivity index (χ2v) is 25.9. The minimum atomic E-state index is -4.72. The van der Waals surface area contributed by atoms with Crippen molar-refractivity contribution < 1.29 is 85.5 Å². The number of amides is 4. The topological polar surface area (TPSA) is 321 Å². The van der Waals surface area contributed by atoms with E-state index in [0.29, 0.717) is 38.5 Å². The third kappa shape index (κ3) is 56.5. The molecule has 0 saturated carbocycles. The Hall–Kier alpha value is -2.72. The molecule has 0 spiro atoms. The number of Topliss-reactive ketones (excluding diaryl/α,β-unsaturated/α-hetero) is 2. The lowest BCUT2D eigenvalue weighted by molar-refractivity contribution is -0.130. The van der Waals surface area contributed by atoms with Crippen LogP contribution in [0, 0.1) is 0 Å². The maximum Gasteiger partial charge on any atom is 0.472 e. The standard InChI is InChI=1S/C62H120N4O18P2/c1-5-9-13-17-19-21-23-27-31-35-57(69)47-61(73)65-53(49-79-43-39-55(67)33-29-25-15-11-7-3)51-83-85(75,76)81-45-41-63-59(71)37-38-60(72)64-42-46-82-86(77,78)84-52-54(50-80-44-40-56(68)34-30-26-16-12-8-4)66-62(74)48-58(70)36-32-28-24-22-20-18-14-10-6-2/h53-56,67-68H,5-52H2,1-4H3,(H,63,71)(H,64,72)(H,65,73)(H,66,74)(H,75,76)(H,77,78). The number of aliphatic hydroxyl groups excluding tert-OH is 2. The highest BCUT2D eigenvalue weighted by molar-refractivity contribution is 7.47. The van der Waals surface area contributed by atoms with E-state index in [0.717, 1.165) is 103 Å². The zero-order valence-electron chi connectivity index (χ0n) is 53.6. The average Bonchev–Trinajstić information content (AvgIpc) is 3.48. The van der Waals surface area contributed by atoms with Crippen molar-refractivity contribution in [2.45, 2.75) is 296 Å². The summed E-state index contributed by atoms with van der Waals surface area (Å²) in [5, 5.41) is 31.0. The van der Waals surface area contributed by atoms with Crippen molar-refractivity contribution in [2.75, 3.05) is 65.9 Å². The lowest BCUT2D eigenvalue weighted by atomic mass is 10.0. The van der Waals surface area contributed by atoms with Crippen LogP contribution in [0.15, 0.2) is 0 Å². The van der Waals surface area contributed by atoms with Gasteiger partial charge < -0.3 is 50.7 Å². The largest absolute Gasteiger partial charge is 0.472 e. The molecule has 0 radical (unpaired) electrons. The number of phosphoric ester groups is 2. The summed E-state index contributed by atoms with van der Waals surface area (Å²) in [5.41, 5.74) is 0. The molecule has 0 aromatic heterocycles. The highest BCUT2D eigenvalue weighted by atomic mass is 31.2. The van der Waals surface area contributed by atoms with Gasteiger partial charge in [0.1, 0.15) is 11.6 Å². The number of nitrogens with one attached hydrogen (secondary N) is 4. The summed E-state index contributed by atoms with van der Waals surface area (Å²) < 4.78 is 57.4. The van der Waals surface area contributed by atoms with Crippen LogP contribution >= 0.6 is 15.6 Å². The van der Waals surface area contributed by atoms with Crippen LogP contribution in [0.25, 0.3) is 0 Å². The van der Waals surface area contributed by atoms with Gasteiger partial charge in [0.15, 0.2) is 0 Å². The summed E-state index contributed by atoms with van der Waals surface area (Å²) >= 11 is 0. The number of aliphatic hydroxyl groups is 2. The van der Waals surface area contributed by atoms with Gasteiger partial charge in [-0.25, -0.2) is 9.13 Å². The van der Waals surface area contributed by atoms with Crippen molar-refractivity contribution >= 4 is 50.8 Å². The summed E-state index contributed by atoms with van der Waals surface area (Å²) in [6.45, 7) is 6.32. The molecule has 6 unspecified atom stereocenters. The van der Waals surface area contributed by atoms with Crippen molar-refractivity contribution in [1.82, 2.24) is 21.3 Å². The fourth-order valence-corrected chi connectivity index (χ4v) is 10.8. The molecular weight excluding hydrogens is 1150 g/mol. The van der Waals surface area contributed by atoms with Gasteiger partial charge in [-0.3, -0.25) is 46.9 Å². The van der Waals surface area contributed by atoms with Gasteiger partial charge in [0.05, 0.1) is 76.8 Å². The lowest BCUT2D eigenvalue weighted by Crippen LogP contribution is -2.42. The Morgan fingerprint density at radius 2 is 0.663 bits per heavy atom. The third-order valence-electron chi connectivity index (χ3n) is 14.5. The maximum atomic E-state index is 12.9. The summed E-state index contributed by atoms with van der Waals surface area (Å²) in [6, 6.07) is -1.87. The Morgan fingerprint density at radius 1 is 0.360 bits per heavy atom. The molecule has 6 atom stereocenters.